The van der Waals surface area contributed by atoms with Gasteiger partial charge in [-0.15, -0.1) is 0 Å². The monoisotopic (exact) mass is 369 g/mol. The number of benzene rings is 2. The van der Waals surface area contributed by atoms with Gasteiger partial charge in [-0.25, -0.2) is 4.79 Å². The molecule has 3 aromatic rings. The third-order valence-electron chi connectivity index (χ3n) is 4.48. The minimum atomic E-state index is -0.675. The normalized spacial score (nSPS) is 15.9. The molecule has 0 bridgehead atoms. The van der Waals surface area contributed by atoms with E-state index in [0.29, 0.717) is 16.0 Å². The second-order valence-electron chi connectivity index (χ2n) is 6.31. The molecule has 1 aliphatic heterocycles. The fourth-order valence-corrected chi connectivity index (χ4v) is 3.51. The van der Waals surface area contributed by atoms with Crippen LogP contribution in [0.4, 0.5) is 5.69 Å². The van der Waals surface area contributed by atoms with Crippen LogP contribution in [0.5, 0.6) is 0 Å². The predicted octanol–water partition coefficient (Wildman–Crippen LogP) is 4.22. The smallest absolute Gasteiger partial charge is 0.374 e. The largest absolute Gasteiger partial charge is 0.450 e. The summed E-state index contributed by atoms with van der Waals surface area (Å²) in [5, 5.41) is 1.26. The second kappa shape index (κ2) is 6.50. The molecule has 2 heterocycles. The summed E-state index contributed by atoms with van der Waals surface area (Å²) in [6.45, 7) is 1.64. The maximum atomic E-state index is 12.6. The molecule has 1 aliphatic rings. The van der Waals surface area contributed by atoms with E-state index in [-0.39, 0.29) is 24.3 Å². The number of hydrogen-bond donors (Lipinski definition) is 0. The summed E-state index contributed by atoms with van der Waals surface area (Å²) in [5.74, 6) is -0.884. The van der Waals surface area contributed by atoms with Gasteiger partial charge in [0.15, 0.2) is 6.61 Å². The Morgan fingerprint density at radius 2 is 2.04 bits per heavy atom. The van der Waals surface area contributed by atoms with Gasteiger partial charge in [-0.2, -0.15) is 0 Å². The number of halogens is 1. The first-order chi connectivity index (χ1) is 12.5. The first-order valence-electron chi connectivity index (χ1n) is 8.29. The van der Waals surface area contributed by atoms with Gasteiger partial charge in [0.25, 0.3) is 5.91 Å². The highest BCUT2D eigenvalue weighted by Gasteiger charge is 2.31. The Kier molecular flexibility index (Phi) is 4.17. The fraction of sp³-hybridized carbons (Fsp3) is 0.200. The summed E-state index contributed by atoms with van der Waals surface area (Å²) in [4.78, 5) is 26.5. The Labute approximate surface area is 155 Å². The van der Waals surface area contributed by atoms with Gasteiger partial charge in [0.05, 0.1) is 0 Å². The number of fused-ring (bicyclic) bond motifs is 2. The van der Waals surface area contributed by atoms with Crippen molar-refractivity contribution in [3.63, 3.8) is 0 Å². The van der Waals surface area contributed by atoms with E-state index in [0.717, 1.165) is 17.7 Å². The molecule has 0 aliphatic carbocycles. The van der Waals surface area contributed by atoms with Crippen molar-refractivity contribution in [2.75, 3.05) is 11.5 Å². The van der Waals surface area contributed by atoms with Gasteiger partial charge in [0, 0.05) is 22.1 Å². The first-order valence-corrected chi connectivity index (χ1v) is 8.67. The van der Waals surface area contributed by atoms with Crippen molar-refractivity contribution < 1.29 is 18.7 Å². The van der Waals surface area contributed by atoms with E-state index >= 15 is 0 Å². The number of hydrogen-bond acceptors (Lipinski definition) is 4. The second-order valence-corrected chi connectivity index (χ2v) is 6.75. The quantitative estimate of drug-likeness (QED) is 0.648. The highest BCUT2D eigenvalue weighted by molar-refractivity contribution is 6.31. The number of esters is 1. The summed E-state index contributed by atoms with van der Waals surface area (Å²) in [5.41, 5.74) is 2.53. The SMILES string of the molecule is C[C@@H]1Cc2ccccc2N1C(=O)COC(=O)c1cc2cc(Cl)ccc2o1. The topological polar surface area (TPSA) is 59.8 Å². The number of carbonyl (C=O) groups excluding carboxylic acids is 2. The predicted molar refractivity (Wildman–Crippen MR) is 98.6 cm³/mol. The van der Waals surface area contributed by atoms with Crippen molar-refractivity contribution in [1.82, 2.24) is 0 Å². The van der Waals surface area contributed by atoms with Gasteiger partial charge < -0.3 is 14.1 Å². The van der Waals surface area contributed by atoms with Crippen LogP contribution >= 0.6 is 11.6 Å². The molecule has 0 radical (unpaired) electrons. The molecule has 26 heavy (non-hydrogen) atoms. The van der Waals surface area contributed by atoms with E-state index in [1.807, 2.05) is 31.2 Å². The summed E-state index contributed by atoms with van der Waals surface area (Å²) in [6, 6.07) is 14.4. The third kappa shape index (κ3) is 2.95. The highest BCUT2D eigenvalue weighted by Crippen LogP contribution is 2.32. The van der Waals surface area contributed by atoms with Crippen LogP contribution < -0.4 is 4.90 Å². The van der Waals surface area contributed by atoms with E-state index in [9.17, 15) is 9.59 Å². The Balaban J connectivity index is 1.46. The van der Waals surface area contributed by atoms with Gasteiger partial charge in [0.1, 0.15) is 5.58 Å². The van der Waals surface area contributed by atoms with E-state index in [4.69, 9.17) is 20.8 Å². The number of nitrogens with zero attached hydrogens (tertiary/aromatic N) is 1. The molecule has 5 nitrogen and oxygen atoms in total. The van der Waals surface area contributed by atoms with Crippen LogP contribution in [0.1, 0.15) is 23.0 Å². The number of amides is 1. The van der Waals surface area contributed by atoms with Gasteiger partial charge in [-0.1, -0.05) is 29.8 Å². The third-order valence-corrected chi connectivity index (χ3v) is 4.72. The van der Waals surface area contributed by atoms with Gasteiger partial charge in [0.2, 0.25) is 5.76 Å². The standard InChI is InChI=1S/C20H16ClNO4/c1-12-8-13-4-2-3-5-16(13)22(12)19(23)11-25-20(24)18-10-14-9-15(21)6-7-17(14)26-18/h2-7,9-10,12H,8,11H2,1H3/t12-/m1/s1. The van der Waals surface area contributed by atoms with Crippen LogP contribution in [-0.2, 0) is 16.0 Å². The molecule has 1 atom stereocenters. The zero-order chi connectivity index (χ0) is 18.3. The Morgan fingerprint density at radius 1 is 1.23 bits per heavy atom. The Bertz CT molecular complexity index is 1010. The summed E-state index contributed by atoms with van der Waals surface area (Å²) in [6.07, 6.45) is 0.792. The minimum absolute atomic E-state index is 0.0342. The van der Waals surface area contributed by atoms with E-state index < -0.39 is 5.97 Å². The highest BCUT2D eigenvalue weighted by atomic mass is 35.5. The molecule has 1 aromatic heterocycles. The van der Waals surface area contributed by atoms with Crippen molar-refractivity contribution in [2.45, 2.75) is 19.4 Å². The lowest BCUT2D eigenvalue weighted by Gasteiger charge is -2.22. The van der Waals surface area contributed by atoms with Crippen LogP contribution in [0.15, 0.2) is 52.9 Å². The number of rotatable bonds is 3. The molecule has 0 spiro atoms. The van der Waals surface area contributed by atoms with Gasteiger partial charge >= 0.3 is 5.97 Å². The minimum Gasteiger partial charge on any atom is -0.450 e. The number of ether oxygens (including phenoxy) is 1. The van der Waals surface area contributed by atoms with E-state index in [1.54, 1.807) is 29.2 Å². The van der Waals surface area contributed by atoms with Gasteiger partial charge in [-0.3, -0.25) is 4.79 Å². The molecular weight excluding hydrogens is 354 g/mol. The zero-order valence-corrected chi connectivity index (χ0v) is 14.8. The van der Waals surface area contributed by atoms with Gasteiger partial charge in [-0.05, 0) is 49.2 Å². The molecule has 0 N–H and O–H groups in total. The lowest BCUT2D eigenvalue weighted by Crippen LogP contribution is -2.38. The molecule has 0 fully saturated rings. The molecular formula is C20H16ClNO4. The molecule has 132 valence electrons. The molecule has 0 saturated carbocycles. The maximum Gasteiger partial charge on any atom is 0.374 e. The van der Waals surface area contributed by atoms with Crippen LogP contribution in [0.3, 0.4) is 0 Å². The van der Waals surface area contributed by atoms with Crippen molar-refractivity contribution in [3.05, 3.63) is 64.9 Å². The molecule has 2 aromatic carbocycles. The molecule has 0 unspecified atom stereocenters. The maximum absolute atomic E-state index is 12.6. The summed E-state index contributed by atoms with van der Waals surface area (Å²) < 4.78 is 10.6. The van der Waals surface area contributed by atoms with Crippen molar-refractivity contribution >= 4 is 40.1 Å². The average Bonchev–Trinajstić information content (AvgIpc) is 3.18. The zero-order valence-electron chi connectivity index (χ0n) is 14.1. The Morgan fingerprint density at radius 3 is 2.88 bits per heavy atom. The fourth-order valence-electron chi connectivity index (χ4n) is 3.33. The van der Waals surface area contributed by atoms with E-state index in [2.05, 4.69) is 0 Å². The van der Waals surface area contributed by atoms with Crippen molar-refractivity contribution in [1.29, 1.82) is 0 Å². The molecule has 4 rings (SSSR count). The van der Waals surface area contributed by atoms with Crippen molar-refractivity contribution in [2.24, 2.45) is 0 Å². The average molecular weight is 370 g/mol. The molecule has 0 saturated heterocycles. The number of para-hydroxylation sites is 1. The summed E-state index contributed by atoms with van der Waals surface area (Å²) in [7, 11) is 0. The summed E-state index contributed by atoms with van der Waals surface area (Å²) >= 11 is 5.93. The van der Waals surface area contributed by atoms with Crippen LogP contribution in [0.2, 0.25) is 5.02 Å². The van der Waals surface area contributed by atoms with Crippen LogP contribution in [0, 0.1) is 0 Å². The lowest BCUT2D eigenvalue weighted by atomic mass is 10.1. The Hall–Kier alpha value is -2.79. The van der Waals surface area contributed by atoms with Crippen LogP contribution in [0.25, 0.3) is 11.0 Å². The number of furan rings is 1. The molecule has 1 amide bonds. The van der Waals surface area contributed by atoms with Crippen LogP contribution in [-0.4, -0.2) is 24.5 Å². The van der Waals surface area contributed by atoms with E-state index in [1.165, 1.54) is 0 Å². The number of anilines is 1. The number of carbonyl (C=O) groups is 2. The molecule has 6 heteroatoms. The first kappa shape index (κ1) is 16.7. The van der Waals surface area contributed by atoms with Crippen molar-refractivity contribution in [3.8, 4) is 0 Å². The lowest BCUT2D eigenvalue weighted by molar-refractivity contribution is -0.122.